The minimum Gasteiger partial charge on any atom is -0.427 e. The number of ether oxygens (including phenoxy) is 1. The van der Waals surface area contributed by atoms with Crippen LogP contribution in [0.25, 0.3) is 11.2 Å². The molecule has 148 valence electrons. The van der Waals surface area contributed by atoms with Gasteiger partial charge in [0.05, 0.1) is 6.61 Å². The molecule has 2 heterocycles. The van der Waals surface area contributed by atoms with Gasteiger partial charge in [-0.3, -0.25) is 9.89 Å². The highest BCUT2D eigenvalue weighted by molar-refractivity contribution is 5.83. The van der Waals surface area contributed by atoms with E-state index in [1.807, 2.05) is 30.9 Å². The maximum Gasteiger partial charge on any atom is 0.308 e. The molecule has 0 saturated heterocycles. The Kier molecular flexibility index (Phi) is 5.99. The molecule has 0 aliphatic rings. The zero-order valence-corrected chi connectivity index (χ0v) is 16.0. The highest BCUT2D eigenvalue weighted by atomic mass is 16.5. The number of benzene rings is 1. The van der Waals surface area contributed by atoms with Crippen LogP contribution in [0.1, 0.15) is 26.3 Å². The van der Waals surface area contributed by atoms with Crippen LogP contribution in [0.15, 0.2) is 24.3 Å². The Hall–Kier alpha value is -3.27. The van der Waals surface area contributed by atoms with Gasteiger partial charge in [0.2, 0.25) is 11.6 Å². The van der Waals surface area contributed by atoms with Crippen molar-refractivity contribution in [3.8, 4) is 5.75 Å². The van der Waals surface area contributed by atoms with Gasteiger partial charge in [-0.15, -0.1) is 5.10 Å². The number of nitrogens with one attached hydrogen (secondary N) is 2. The number of aliphatic hydroxyl groups excluding tert-OH is 1. The molecule has 28 heavy (non-hydrogen) atoms. The molecular formula is C18H23N7O3. The summed E-state index contributed by atoms with van der Waals surface area (Å²) in [4.78, 5) is 22.1. The highest BCUT2D eigenvalue weighted by Gasteiger charge is 2.18. The molecule has 0 unspecified atom stereocenters. The maximum absolute atomic E-state index is 11.1. The molecule has 0 radical (unpaired) electrons. The van der Waals surface area contributed by atoms with Crippen molar-refractivity contribution in [3.05, 3.63) is 29.8 Å². The number of aromatic amines is 1. The fraction of sp³-hybridized carbons (Fsp3) is 0.389. The van der Waals surface area contributed by atoms with Gasteiger partial charge in [0.15, 0.2) is 5.82 Å². The van der Waals surface area contributed by atoms with Crippen LogP contribution in [-0.2, 0) is 11.3 Å². The Morgan fingerprint density at radius 1 is 1.36 bits per heavy atom. The Morgan fingerprint density at radius 3 is 2.89 bits per heavy atom. The van der Waals surface area contributed by atoms with Gasteiger partial charge in [-0.2, -0.15) is 9.97 Å². The van der Waals surface area contributed by atoms with Crippen LogP contribution in [-0.4, -0.2) is 55.6 Å². The molecule has 0 atom stereocenters. The number of aromatic nitrogens is 5. The lowest BCUT2D eigenvalue weighted by Gasteiger charge is -2.26. The van der Waals surface area contributed by atoms with Crippen LogP contribution in [0.2, 0.25) is 0 Å². The van der Waals surface area contributed by atoms with Crippen molar-refractivity contribution in [2.45, 2.75) is 33.4 Å². The molecule has 3 rings (SSSR count). The molecule has 2 aromatic heterocycles. The quantitative estimate of drug-likeness (QED) is 0.390. The second-order valence-electron chi connectivity index (χ2n) is 6.49. The molecule has 10 nitrogen and oxygen atoms in total. The smallest absolute Gasteiger partial charge is 0.308 e. The number of anilines is 2. The summed E-state index contributed by atoms with van der Waals surface area (Å²) in [5.41, 5.74) is 1.94. The first-order valence-electron chi connectivity index (χ1n) is 8.95. The third kappa shape index (κ3) is 4.52. The van der Waals surface area contributed by atoms with Crippen molar-refractivity contribution in [3.63, 3.8) is 0 Å². The van der Waals surface area contributed by atoms with Gasteiger partial charge in [0, 0.05) is 26.1 Å². The number of nitrogens with zero attached hydrogens (tertiary/aromatic N) is 5. The lowest BCUT2D eigenvalue weighted by molar-refractivity contribution is -0.131. The zero-order chi connectivity index (χ0) is 20.1. The van der Waals surface area contributed by atoms with Crippen LogP contribution in [0, 0.1) is 0 Å². The fourth-order valence-corrected chi connectivity index (χ4v) is 2.76. The minimum absolute atomic E-state index is 0.00983. The minimum atomic E-state index is -0.367. The summed E-state index contributed by atoms with van der Waals surface area (Å²) < 4.78 is 5.12. The molecular weight excluding hydrogens is 362 g/mol. The van der Waals surface area contributed by atoms with Crippen molar-refractivity contribution in [1.82, 2.24) is 25.4 Å². The van der Waals surface area contributed by atoms with E-state index in [1.165, 1.54) is 6.92 Å². The molecule has 0 amide bonds. The predicted molar refractivity (Wildman–Crippen MR) is 104 cm³/mol. The summed E-state index contributed by atoms with van der Waals surface area (Å²) >= 11 is 0. The lowest BCUT2D eigenvalue weighted by atomic mass is 10.2. The average Bonchev–Trinajstić information content (AvgIpc) is 3.12. The normalized spacial score (nSPS) is 11.0. The van der Waals surface area contributed by atoms with Crippen LogP contribution in [0.3, 0.4) is 0 Å². The molecule has 3 N–H and O–H groups in total. The van der Waals surface area contributed by atoms with E-state index in [1.54, 1.807) is 12.1 Å². The molecule has 1 aromatic carbocycles. The number of esters is 1. The third-order valence-corrected chi connectivity index (χ3v) is 4.03. The maximum atomic E-state index is 11.1. The predicted octanol–water partition coefficient (Wildman–Crippen LogP) is 1.49. The molecule has 0 aliphatic heterocycles. The first kappa shape index (κ1) is 19.5. The number of carbonyl (C=O) groups excluding carboxylic acids is 1. The number of hydrogen-bond donors (Lipinski definition) is 3. The van der Waals surface area contributed by atoms with E-state index in [0.717, 1.165) is 5.56 Å². The van der Waals surface area contributed by atoms with Gasteiger partial charge in [0.25, 0.3) is 0 Å². The number of rotatable bonds is 8. The first-order valence-corrected chi connectivity index (χ1v) is 8.95. The van der Waals surface area contributed by atoms with Gasteiger partial charge >= 0.3 is 5.97 Å². The standard InChI is InChI=1S/C18H23N7O3/c1-11(2)25(7-8-26)18-20-16(15-17(21-18)23-24-22-15)19-10-13-5-4-6-14(9-13)28-12(3)27/h4-6,9,11,26H,7-8,10H2,1-3H3,(H2,19,20,21,22,23,24). The second kappa shape index (κ2) is 8.61. The summed E-state index contributed by atoms with van der Waals surface area (Å²) in [6.07, 6.45) is 0. The Bertz CT molecular complexity index is 957. The van der Waals surface area contributed by atoms with E-state index in [-0.39, 0.29) is 18.6 Å². The summed E-state index contributed by atoms with van der Waals surface area (Å²) in [6.45, 7) is 6.21. The number of H-pyrrole nitrogens is 1. The Morgan fingerprint density at radius 2 is 2.18 bits per heavy atom. The number of fused-ring (bicyclic) bond motifs is 1. The summed E-state index contributed by atoms with van der Waals surface area (Å²) in [7, 11) is 0. The van der Waals surface area contributed by atoms with E-state index < -0.39 is 0 Å². The van der Waals surface area contributed by atoms with Gasteiger partial charge in [-0.1, -0.05) is 17.3 Å². The number of hydrogen-bond acceptors (Lipinski definition) is 9. The fourth-order valence-electron chi connectivity index (χ4n) is 2.76. The summed E-state index contributed by atoms with van der Waals surface area (Å²) in [5, 5.41) is 23.2. The van der Waals surface area contributed by atoms with Crippen molar-refractivity contribution in [1.29, 1.82) is 0 Å². The summed E-state index contributed by atoms with van der Waals surface area (Å²) in [5.74, 6) is 1.12. The van der Waals surface area contributed by atoms with Crippen molar-refractivity contribution in [2.24, 2.45) is 0 Å². The van der Waals surface area contributed by atoms with Gasteiger partial charge < -0.3 is 20.1 Å². The topological polar surface area (TPSA) is 129 Å². The Balaban J connectivity index is 1.86. The van der Waals surface area contributed by atoms with E-state index >= 15 is 0 Å². The molecule has 0 saturated carbocycles. The third-order valence-electron chi connectivity index (χ3n) is 4.03. The SMILES string of the molecule is CC(=O)Oc1cccc(CNc2nc(N(CCO)C(C)C)nc3nn[nH]c23)c1. The van der Waals surface area contributed by atoms with Gasteiger partial charge in [-0.05, 0) is 31.5 Å². The van der Waals surface area contributed by atoms with Gasteiger partial charge in [-0.25, -0.2) is 0 Å². The second-order valence-corrected chi connectivity index (χ2v) is 6.49. The summed E-state index contributed by atoms with van der Waals surface area (Å²) in [6, 6.07) is 7.34. The number of carbonyl (C=O) groups is 1. The van der Waals surface area contributed by atoms with E-state index in [2.05, 4.69) is 30.7 Å². The van der Waals surface area contributed by atoms with Gasteiger partial charge in [0.1, 0.15) is 11.3 Å². The molecule has 0 aliphatic carbocycles. The largest absolute Gasteiger partial charge is 0.427 e. The van der Waals surface area contributed by atoms with Crippen LogP contribution < -0.4 is 15.0 Å². The van der Waals surface area contributed by atoms with Crippen molar-refractivity contribution < 1.29 is 14.6 Å². The monoisotopic (exact) mass is 385 g/mol. The molecule has 0 spiro atoms. The average molecular weight is 385 g/mol. The van der Waals surface area contributed by atoms with Crippen LogP contribution >= 0.6 is 0 Å². The molecule has 0 bridgehead atoms. The lowest BCUT2D eigenvalue weighted by Crippen LogP contribution is -2.35. The zero-order valence-electron chi connectivity index (χ0n) is 16.0. The van der Waals surface area contributed by atoms with Crippen LogP contribution in [0.4, 0.5) is 11.8 Å². The van der Waals surface area contributed by atoms with E-state index in [4.69, 9.17) is 4.74 Å². The van der Waals surface area contributed by atoms with Crippen molar-refractivity contribution >= 4 is 28.9 Å². The molecule has 0 fully saturated rings. The number of aliphatic hydroxyl groups is 1. The van der Waals surface area contributed by atoms with E-state index in [9.17, 15) is 9.90 Å². The Labute approximate surface area is 161 Å². The molecule has 10 heteroatoms. The van der Waals surface area contributed by atoms with Crippen LogP contribution in [0.5, 0.6) is 5.75 Å². The highest BCUT2D eigenvalue weighted by Crippen LogP contribution is 2.22. The van der Waals surface area contributed by atoms with Crippen molar-refractivity contribution in [2.75, 3.05) is 23.4 Å². The first-order chi connectivity index (χ1) is 13.5. The van der Waals surface area contributed by atoms with E-state index in [0.29, 0.717) is 41.8 Å². The molecule has 3 aromatic rings.